The number of sulfonamides is 1. The third kappa shape index (κ3) is 4.07. The van der Waals surface area contributed by atoms with Gasteiger partial charge in [-0.1, -0.05) is 31.2 Å². The second-order valence-corrected chi connectivity index (χ2v) is 9.47. The number of hydrogen-bond donors (Lipinski definition) is 2. The molecule has 150 valence electrons. The minimum Gasteiger partial charge on any atom is -0.353 e. The fraction of sp³-hybridized carbons (Fsp3) is 0.409. The van der Waals surface area contributed by atoms with Gasteiger partial charge in [0, 0.05) is 11.7 Å². The number of anilines is 1. The van der Waals surface area contributed by atoms with Crippen LogP contribution < -0.4 is 10.0 Å². The van der Waals surface area contributed by atoms with Crippen molar-refractivity contribution in [2.45, 2.75) is 63.3 Å². The largest absolute Gasteiger partial charge is 0.353 e. The molecule has 28 heavy (non-hydrogen) atoms. The van der Waals surface area contributed by atoms with Gasteiger partial charge in [0.15, 0.2) is 0 Å². The van der Waals surface area contributed by atoms with Crippen molar-refractivity contribution in [2.24, 2.45) is 0 Å². The highest BCUT2D eigenvalue weighted by Gasteiger charge is 2.51. The zero-order valence-corrected chi connectivity index (χ0v) is 17.7. The molecule has 1 aliphatic rings. The van der Waals surface area contributed by atoms with E-state index < -0.39 is 15.4 Å². The quantitative estimate of drug-likeness (QED) is 0.736. The van der Waals surface area contributed by atoms with E-state index in [2.05, 4.69) is 10.0 Å². The number of carbonyl (C=O) groups is 1. The Balaban J connectivity index is 1.78. The monoisotopic (exact) mass is 400 g/mol. The molecule has 2 N–H and O–H groups in total. The van der Waals surface area contributed by atoms with Crippen molar-refractivity contribution < 1.29 is 13.2 Å². The lowest BCUT2D eigenvalue weighted by Gasteiger charge is -2.19. The van der Waals surface area contributed by atoms with Crippen LogP contribution in [0.2, 0.25) is 0 Å². The van der Waals surface area contributed by atoms with Crippen LogP contribution in [-0.2, 0) is 20.2 Å². The number of nitrogens with one attached hydrogen (secondary N) is 2. The van der Waals surface area contributed by atoms with Crippen molar-refractivity contribution in [3.8, 4) is 0 Å². The summed E-state index contributed by atoms with van der Waals surface area (Å²) in [5.74, 6) is 0.0607. The molecule has 3 rings (SSSR count). The Bertz CT molecular complexity index is 977. The Labute approximate surface area is 167 Å². The van der Waals surface area contributed by atoms with E-state index in [1.165, 1.54) is 0 Å². The summed E-state index contributed by atoms with van der Waals surface area (Å²) in [5.41, 5.74) is 2.55. The topological polar surface area (TPSA) is 75.3 Å². The minimum absolute atomic E-state index is 0.0607. The first-order valence-corrected chi connectivity index (χ1v) is 11.2. The van der Waals surface area contributed by atoms with E-state index in [4.69, 9.17) is 0 Å². The van der Waals surface area contributed by atoms with E-state index in [0.717, 1.165) is 30.4 Å². The third-order valence-electron chi connectivity index (χ3n) is 5.50. The summed E-state index contributed by atoms with van der Waals surface area (Å²) >= 11 is 0. The van der Waals surface area contributed by atoms with Gasteiger partial charge in [-0.3, -0.25) is 9.52 Å². The molecule has 1 aliphatic carbocycles. The molecule has 0 spiro atoms. The molecule has 0 saturated heterocycles. The smallest absolute Gasteiger partial charge is 0.262 e. The van der Waals surface area contributed by atoms with Crippen molar-refractivity contribution in [3.05, 3.63) is 59.2 Å². The van der Waals surface area contributed by atoms with Crippen molar-refractivity contribution in [1.82, 2.24) is 5.32 Å². The average Bonchev–Trinajstić information content (AvgIpc) is 3.46. The third-order valence-corrected chi connectivity index (χ3v) is 7.02. The predicted octanol–water partition coefficient (Wildman–Crippen LogP) is 4.05. The lowest BCUT2D eigenvalue weighted by Crippen LogP contribution is -2.39. The molecule has 0 heterocycles. The number of amides is 1. The molecule has 1 amide bonds. The first-order valence-electron chi connectivity index (χ1n) is 9.69. The van der Waals surface area contributed by atoms with Gasteiger partial charge in [0.05, 0.1) is 10.3 Å². The molecule has 1 saturated carbocycles. The summed E-state index contributed by atoms with van der Waals surface area (Å²) in [5, 5.41) is 3.07. The summed E-state index contributed by atoms with van der Waals surface area (Å²) in [4.78, 5) is 12.9. The highest BCUT2D eigenvalue weighted by Crippen LogP contribution is 2.48. The number of rotatable bonds is 7. The van der Waals surface area contributed by atoms with Crippen LogP contribution >= 0.6 is 0 Å². The summed E-state index contributed by atoms with van der Waals surface area (Å²) < 4.78 is 28.2. The van der Waals surface area contributed by atoms with E-state index in [1.807, 2.05) is 39.0 Å². The Morgan fingerprint density at radius 1 is 1.11 bits per heavy atom. The molecule has 6 heteroatoms. The Kier molecular flexibility index (Phi) is 5.53. The summed E-state index contributed by atoms with van der Waals surface area (Å²) in [6.45, 7) is 7.69. The highest BCUT2D eigenvalue weighted by molar-refractivity contribution is 7.92. The number of aryl methyl sites for hydroxylation is 2. The maximum atomic E-state index is 12.8. The summed E-state index contributed by atoms with van der Waals surface area (Å²) in [6, 6.07) is 12.7. The molecule has 5 nitrogen and oxygen atoms in total. The first kappa shape index (κ1) is 20.4. The predicted molar refractivity (Wildman–Crippen MR) is 112 cm³/mol. The lowest BCUT2D eigenvalue weighted by atomic mass is 9.94. The second kappa shape index (κ2) is 7.59. The van der Waals surface area contributed by atoms with E-state index in [1.54, 1.807) is 31.2 Å². The van der Waals surface area contributed by atoms with Crippen LogP contribution in [0, 0.1) is 13.8 Å². The fourth-order valence-corrected chi connectivity index (χ4v) is 4.69. The normalized spacial score (nSPS) is 16.3. The molecule has 0 radical (unpaired) electrons. The number of carbonyl (C=O) groups excluding carboxylic acids is 1. The van der Waals surface area contributed by atoms with Crippen molar-refractivity contribution in [3.63, 3.8) is 0 Å². The molecule has 1 fully saturated rings. The second-order valence-electron chi connectivity index (χ2n) is 7.82. The number of benzene rings is 2. The van der Waals surface area contributed by atoms with E-state index in [0.29, 0.717) is 11.3 Å². The van der Waals surface area contributed by atoms with Gasteiger partial charge >= 0.3 is 0 Å². The van der Waals surface area contributed by atoms with Crippen LogP contribution in [0.3, 0.4) is 0 Å². The Morgan fingerprint density at radius 3 is 2.32 bits per heavy atom. The van der Waals surface area contributed by atoms with Crippen LogP contribution in [0.15, 0.2) is 47.4 Å². The first-order chi connectivity index (χ1) is 13.2. The van der Waals surface area contributed by atoms with Crippen molar-refractivity contribution >= 4 is 21.6 Å². The summed E-state index contributed by atoms with van der Waals surface area (Å²) in [6.07, 6.45) is 2.53. The molecule has 0 aromatic heterocycles. The highest BCUT2D eigenvalue weighted by atomic mass is 32.2. The number of hydrogen-bond acceptors (Lipinski definition) is 3. The van der Waals surface area contributed by atoms with Gasteiger partial charge < -0.3 is 5.32 Å². The van der Waals surface area contributed by atoms with Gasteiger partial charge in [-0.25, -0.2) is 8.42 Å². The van der Waals surface area contributed by atoms with Gasteiger partial charge in [-0.15, -0.1) is 0 Å². The maximum Gasteiger partial charge on any atom is 0.262 e. The van der Waals surface area contributed by atoms with Gasteiger partial charge in [0.25, 0.3) is 10.0 Å². The molecular formula is C22H28N2O3S. The van der Waals surface area contributed by atoms with Crippen LogP contribution in [0.1, 0.15) is 49.8 Å². The van der Waals surface area contributed by atoms with Crippen LogP contribution in [-0.4, -0.2) is 20.4 Å². The SMILES string of the molecule is CCC(C)NC(=O)C1(c2ccc(NS(=O)(=O)c3cc(C)ccc3C)cc2)CC1. The van der Waals surface area contributed by atoms with E-state index in [9.17, 15) is 13.2 Å². The molecular weight excluding hydrogens is 372 g/mol. The lowest BCUT2D eigenvalue weighted by molar-refractivity contribution is -0.124. The maximum absolute atomic E-state index is 12.8. The molecule has 2 aromatic carbocycles. The molecule has 1 atom stereocenters. The zero-order chi connectivity index (χ0) is 20.5. The van der Waals surface area contributed by atoms with Crippen LogP contribution in [0.5, 0.6) is 0 Å². The Morgan fingerprint density at radius 2 is 1.75 bits per heavy atom. The zero-order valence-electron chi connectivity index (χ0n) is 16.9. The standard InChI is InChI=1S/C22H28N2O3S/c1-5-17(4)23-21(25)22(12-13-22)18-8-10-19(11-9-18)24-28(26,27)20-14-15(2)6-7-16(20)3/h6-11,14,17,24H,5,12-13H2,1-4H3,(H,23,25). The molecule has 0 aliphatic heterocycles. The minimum atomic E-state index is -3.66. The average molecular weight is 401 g/mol. The fourth-order valence-electron chi connectivity index (χ4n) is 3.30. The van der Waals surface area contributed by atoms with E-state index >= 15 is 0 Å². The van der Waals surface area contributed by atoms with Crippen molar-refractivity contribution in [2.75, 3.05) is 4.72 Å². The summed E-state index contributed by atoms with van der Waals surface area (Å²) in [7, 11) is -3.66. The van der Waals surface area contributed by atoms with Gasteiger partial charge in [-0.05, 0) is 74.9 Å². The van der Waals surface area contributed by atoms with Crippen LogP contribution in [0.25, 0.3) is 0 Å². The van der Waals surface area contributed by atoms with Gasteiger partial charge in [0.1, 0.15) is 0 Å². The molecule has 0 bridgehead atoms. The van der Waals surface area contributed by atoms with Gasteiger partial charge in [0.2, 0.25) is 5.91 Å². The Hall–Kier alpha value is -2.34. The molecule has 2 aromatic rings. The van der Waals surface area contributed by atoms with Crippen LogP contribution in [0.4, 0.5) is 5.69 Å². The molecule has 1 unspecified atom stereocenters. The van der Waals surface area contributed by atoms with Crippen molar-refractivity contribution in [1.29, 1.82) is 0 Å². The van der Waals surface area contributed by atoms with Gasteiger partial charge in [-0.2, -0.15) is 0 Å². The van der Waals surface area contributed by atoms with E-state index in [-0.39, 0.29) is 16.8 Å².